The molecular formula is C16H20N2O2S. The Morgan fingerprint density at radius 1 is 1.00 bits per heavy atom. The lowest BCUT2D eigenvalue weighted by Crippen LogP contribution is -2.18. The molecule has 0 unspecified atom stereocenters. The Balaban J connectivity index is 2.15. The lowest BCUT2D eigenvalue weighted by molar-refractivity contribution is 0.588. The van der Waals surface area contributed by atoms with Gasteiger partial charge in [-0.15, -0.1) is 0 Å². The number of benzene rings is 2. The fraction of sp³-hybridized carbons (Fsp3) is 0.250. The molecule has 2 rings (SSSR count). The van der Waals surface area contributed by atoms with Crippen LogP contribution in [0.1, 0.15) is 16.7 Å². The van der Waals surface area contributed by atoms with Crippen LogP contribution in [0.15, 0.2) is 47.4 Å². The summed E-state index contributed by atoms with van der Waals surface area (Å²) in [7, 11) is -2.00. The number of rotatable bonds is 5. The SMILES string of the molecule is CNS(=O)(=O)c1cccc(NCc2cc(C)cc(C)c2)c1. The van der Waals surface area contributed by atoms with Crippen LogP contribution in [0.3, 0.4) is 0 Å². The van der Waals surface area contributed by atoms with Crippen LogP contribution in [0.4, 0.5) is 5.69 Å². The Labute approximate surface area is 126 Å². The van der Waals surface area contributed by atoms with E-state index in [0.29, 0.717) is 6.54 Å². The molecule has 112 valence electrons. The summed E-state index contributed by atoms with van der Waals surface area (Å²) in [5.41, 5.74) is 4.40. The maximum Gasteiger partial charge on any atom is 0.240 e. The molecule has 0 radical (unpaired) electrons. The van der Waals surface area contributed by atoms with Crippen molar-refractivity contribution in [1.82, 2.24) is 4.72 Å². The first-order valence-corrected chi connectivity index (χ1v) is 8.24. The van der Waals surface area contributed by atoms with E-state index in [1.165, 1.54) is 23.7 Å². The molecule has 4 nitrogen and oxygen atoms in total. The lowest BCUT2D eigenvalue weighted by Gasteiger charge is -2.10. The number of aryl methyl sites for hydroxylation is 2. The van der Waals surface area contributed by atoms with E-state index in [4.69, 9.17) is 0 Å². The van der Waals surface area contributed by atoms with Crippen LogP contribution in [0.2, 0.25) is 0 Å². The first-order valence-electron chi connectivity index (χ1n) is 6.75. The lowest BCUT2D eigenvalue weighted by atomic mass is 10.1. The Bertz CT molecular complexity index is 719. The van der Waals surface area contributed by atoms with Crippen molar-refractivity contribution in [3.05, 3.63) is 59.2 Å². The Morgan fingerprint density at radius 2 is 1.67 bits per heavy atom. The van der Waals surface area contributed by atoms with Crippen LogP contribution in [-0.2, 0) is 16.6 Å². The molecule has 2 aromatic carbocycles. The standard InChI is InChI=1S/C16H20N2O2S/c1-12-7-13(2)9-14(8-12)11-18-15-5-4-6-16(10-15)21(19,20)17-3/h4-10,17-18H,11H2,1-3H3. The summed E-state index contributed by atoms with van der Waals surface area (Å²) in [6, 6.07) is 13.2. The van der Waals surface area contributed by atoms with Crippen LogP contribution in [0.25, 0.3) is 0 Å². The molecule has 0 amide bonds. The van der Waals surface area contributed by atoms with Gasteiger partial charge in [-0.05, 0) is 44.7 Å². The molecule has 0 aliphatic carbocycles. The van der Waals surface area contributed by atoms with Crippen LogP contribution in [0.5, 0.6) is 0 Å². The molecule has 5 heteroatoms. The largest absolute Gasteiger partial charge is 0.381 e. The third-order valence-corrected chi connectivity index (χ3v) is 4.60. The number of hydrogen-bond donors (Lipinski definition) is 2. The van der Waals surface area contributed by atoms with Gasteiger partial charge in [0, 0.05) is 12.2 Å². The molecule has 0 heterocycles. The number of sulfonamides is 1. The van der Waals surface area contributed by atoms with E-state index in [9.17, 15) is 8.42 Å². The molecule has 2 N–H and O–H groups in total. The summed E-state index contributed by atoms with van der Waals surface area (Å²) in [6.45, 7) is 4.79. The molecule has 0 saturated heterocycles. The highest BCUT2D eigenvalue weighted by molar-refractivity contribution is 7.89. The van der Waals surface area contributed by atoms with Crippen molar-refractivity contribution < 1.29 is 8.42 Å². The molecule has 0 bridgehead atoms. The molecule has 0 atom stereocenters. The van der Waals surface area contributed by atoms with Gasteiger partial charge in [0.25, 0.3) is 0 Å². The van der Waals surface area contributed by atoms with Gasteiger partial charge in [-0.25, -0.2) is 13.1 Å². The molecule has 0 spiro atoms. The molecule has 0 fully saturated rings. The second kappa shape index (κ2) is 6.28. The smallest absolute Gasteiger partial charge is 0.240 e. The van der Waals surface area contributed by atoms with Crippen molar-refractivity contribution in [2.75, 3.05) is 12.4 Å². The average Bonchev–Trinajstić information content (AvgIpc) is 2.44. The van der Waals surface area contributed by atoms with E-state index in [1.807, 2.05) is 6.07 Å². The molecule has 0 aliphatic rings. The Kier molecular flexibility index (Phi) is 4.65. The van der Waals surface area contributed by atoms with E-state index in [0.717, 1.165) is 5.69 Å². The zero-order valence-corrected chi connectivity index (χ0v) is 13.3. The van der Waals surface area contributed by atoms with Crippen LogP contribution in [-0.4, -0.2) is 15.5 Å². The highest BCUT2D eigenvalue weighted by Crippen LogP contribution is 2.17. The van der Waals surface area contributed by atoms with Crippen molar-refractivity contribution in [1.29, 1.82) is 0 Å². The molecule has 21 heavy (non-hydrogen) atoms. The summed E-state index contributed by atoms with van der Waals surface area (Å²) in [4.78, 5) is 0.260. The van der Waals surface area contributed by atoms with Gasteiger partial charge in [0.2, 0.25) is 10.0 Å². The summed E-state index contributed by atoms with van der Waals surface area (Å²) in [6.07, 6.45) is 0. The molecular weight excluding hydrogens is 284 g/mol. The van der Waals surface area contributed by atoms with Crippen molar-refractivity contribution in [2.24, 2.45) is 0 Å². The summed E-state index contributed by atoms with van der Waals surface area (Å²) < 4.78 is 25.9. The van der Waals surface area contributed by atoms with E-state index in [2.05, 4.69) is 42.1 Å². The van der Waals surface area contributed by atoms with Gasteiger partial charge in [-0.2, -0.15) is 0 Å². The molecule has 0 aliphatic heterocycles. The van der Waals surface area contributed by atoms with Crippen LogP contribution >= 0.6 is 0 Å². The van der Waals surface area contributed by atoms with E-state index in [1.54, 1.807) is 18.2 Å². The van der Waals surface area contributed by atoms with Crippen LogP contribution < -0.4 is 10.0 Å². The first-order chi connectivity index (χ1) is 9.90. The van der Waals surface area contributed by atoms with Gasteiger partial charge >= 0.3 is 0 Å². The summed E-state index contributed by atoms with van der Waals surface area (Å²) in [5.74, 6) is 0. The third-order valence-electron chi connectivity index (χ3n) is 3.19. The highest BCUT2D eigenvalue weighted by atomic mass is 32.2. The minimum absolute atomic E-state index is 0.260. The second-order valence-corrected chi connectivity index (χ2v) is 6.97. The number of anilines is 1. The van der Waals surface area contributed by atoms with Gasteiger partial charge < -0.3 is 5.32 Å². The topological polar surface area (TPSA) is 58.2 Å². The molecule has 0 saturated carbocycles. The predicted octanol–water partition coefficient (Wildman–Crippen LogP) is 2.82. The second-order valence-electron chi connectivity index (χ2n) is 5.08. The predicted molar refractivity (Wildman–Crippen MR) is 85.9 cm³/mol. The highest BCUT2D eigenvalue weighted by Gasteiger charge is 2.11. The zero-order valence-electron chi connectivity index (χ0n) is 12.5. The Morgan fingerprint density at radius 3 is 2.29 bits per heavy atom. The Hall–Kier alpha value is -1.85. The van der Waals surface area contributed by atoms with Crippen molar-refractivity contribution >= 4 is 15.7 Å². The maximum absolute atomic E-state index is 11.8. The number of hydrogen-bond acceptors (Lipinski definition) is 3. The fourth-order valence-corrected chi connectivity index (χ4v) is 3.04. The maximum atomic E-state index is 11.8. The minimum atomic E-state index is -3.41. The van der Waals surface area contributed by atoms with Crippen molar-refractivity contribution in [3.8, 4) is 0 Å². The van der Waals surface area contributed by atoms with Gasteiger partial charge in [0.1, 0.15) is 0 Å². The number of nitrogens with one attached hydrogen (secondary N) is 2. The minimum Gasteiger partial charge on any atom is -0.381 e. The van der Waals surface area contributed by atoms with Crippen molar-refractivity contribution in [2.45, 2.75) is 25.3 Å². The zero-order chi connectivity index (χ0) is 15.5. The molecule has 0 aromatic heterocycles. The monoisotopic (exact) mass is 304 g/mol. The van der Waals surface area contributed by atoms with Gasteiger partial charge in [-0.1, -0.05) is 35.4 Å². The molecule has 2 aromatic rings. The normalized spacial score (nSPS) is 11.4. The van der Waals surface area contributed by atoms with Crippen molar-refractivity contribution in [3.63, 3.8) is 0 Å². The first kappa shape index (κ1) is 15.5. The van der Waals surface area contributed by atoms with E-state index < -0.39 is 10.0 Å². The quantitative estimate of drug-likeness (QED) is 0.893. The average molecular weight is 304 g/mol. The van der Waals surface area contributed by atoms with Gasteiger partial charge in [0.15, 0.2) is 0 Å². The van der Waals surface area contributed by atoms with E-state index in [-0.39, 0.29) is 4.90 Å². The van der Waals surface area contributed by atoms with Gasteiger partial charge in [-0.3, -0.25) is 0 Å². The summed E-state index contributed by atoms with van der Waals surface area (Å²) in [5, 5.41) is 3.26. The summed E-state index contributed by atoms with van der Waals surface area (Å²) >= 11 is 0. The van der Waals surface area contributed by atoms with E-state index >= 15 is 0 Å². The third kappa shape index (κ3) is 4.06. The van der Waals surface area contributed by atoms with Crippen LogP contribution in [0, 0.1) is 13.8 Å². The van der Waals surface area contributed by atoms with Gasteiger partial charge in [0.05, 0.1) is 4.90 Å². The fourth-order valence-electron chi connectivity index (χ4n) is 2.27.